The number of nitrogens with zero attached hydrogens (tertiary/aromatic N) is 2. The quantitative estimate of drug-likeness (QED) is 0.421. The summed E-state index contributed by atoms with van der Waals surface area (Å²) in [5.74, 6) is 0. The van der Waals surface area contributed by atoms with Gasteiger partial charge in [-0.05, 0) is 26.8 Å². The zero-order chi connectivity index (χ0) is 15.1. The summed E-state index contributed by atoms with van der Waals surface area (Å²) in [5.41, 5.74) is 1.92. The monoisotopic (exact) mass is 283 g/mol. The van der Waals surface area contributed by atoms with Gasteiger partial charge in [-0.25, -0.2) is 0 Å². The van der Waals surface area contributed by atoms with Gasteiger partial charge in [0.1, 0.15) is 0 Å². The normalized spacial score (nSPS) is 12.4. The van der Waals surface area contributed by atoms with E-state index in [-0.39, 0.29) is 10.6 Å². The Morgan fingerprint density at radius 2 is 2.25 bits per heavy atom. The van der Waals surface area contributed by atoms with Crippen LogP contribution in [0.3, 0.4) is 0 Å². The lowest BCUT2D eigenvalue weighted by molar-refractivity contribution is -0.386. The van der Waals surface area contributed by atoms with E-state index in [9.17, 15) is 15.2 Å². The van der Waals surface area contributed by atoms with Crippen LogP contribution < -0.4 is 5.32 Å². The predicted octanol–water partition coefficient (Wildman–Crippen LogP) is 1.09. The molecule has 0 fully saturated rings. The van der Waals surface area contributed by atoms with Crippen LogP contribution in [0.1, 0.15) is 23.2 Å². The number of aliphatic hydroxyl groups excluding tert-OH is 1. The van der Waals surface area contributed by atoms with E-state index in [1.165, 1.54) is 13.3 Å². The maximum absolute atomic E-state index is 11.0. The molecule has 0 aliphatic heterocycles. The van der Waals surface area contributed by atoms with Crippen molar-refractivity contribution < 1.29 is 14.8 Å². The Kier molecular flexibility index (Phi) is 6.50. The van der Waals surface area contributed by atoms with Crippen LogP contribution in [-0.2, 0) is 11.3 Å². The van der Waals surface area contributed by atoms with Crippen LogP contribution in [0.15, 0.2) is 6.20 Å². The van der Waals surface area contributed by atoms with Gasteiger partial charge in [0.05, 0.1) is 23.3 Å². The average Bonchev–Trinajstić information content (AvgIpc) is 2.36. The molecule has 0 aliphatic rings. The number of hydrogen-bond donors (Lipinski definition) is 2. The lowest BCUT2D eigenvalue weighted by Crippen LogP contribution is -2.23. The Morgan fingerprint density at radius 3 is 2.85 bits per heavy atom. The second-order valence-corrected chi connectivity index (χ2v) is 4.69. The van der Waals surface area contributed by atoms with Crippen molar-refractivity contribution >= 4 is 5.69 Å². The second kappa shape index (κ2) is 7.88. The van der Waals surface area contributed by atoms with Crippen molar-refractivity contribution in [2.75, 3.05) is 20.3 Å². The number of pyridine rings is 1. The van der Waals surface area contributed by atoms with E-state index in [2.05, 4.69) is 10.3 Å². The van der Waals surface area contributed by atoms with Gasteiger partial charge in [-0.15, -0.1) is 0 Å². The summed E-state index contributed by atoms with van der Waals surface area (Å²) in [6.45, 7) is 4.71. The van der Waals surface area contributed by atoms with Crippen LogP contribution in [-0.4, -0.2) is 41.4 Å². The Balaban J connectivity index is 2.57. The predicted molar refractivity (Wildman–Crippen MR) is 74.6 cm³/mol. The molecular formula is C13H21N3O4. The first-order valence-electron chi connectivity index (χ1n) is 6.44. The fraction of sp³-hybridized carbons (Fsp3) is 0.615. The molecule has 0 amide bonds. The Labute approximate surface area is 118 Å². The number of aromatic nitrogens is 1. The Hall–Kier alpha value is -1.57. The first-order valence-corrected chi connectivity index (χ1v) is 6.44. The third kappa shape index (κ3) is 4.52. The fourth-order valence-electron chi connectivity index (χ4n) is 1.98. The summed E-state index contributed by atoms with van der Waals surface area (Å²) in [7, 11) is 1.54. The Bertz CT molecular complexity index is 465. The number of methoxy groups -OCH3 is 1. The Morgan fingerprint density at radius 1 is 1.55 bits per heavy atom. The molecule has 0 spiro atoms. The summed E-state index contributed by atoms with van der Waals surface area (Å²) in [6, 6.07) is 0. The van der Waals surface area contributed by atoms with Gasteiger partial charge in [-0.2, -0.15) is 0 Å². The van der Waals surface area contributed by atoms with Crippen LogP contribution in [0.25, 0.3) is 0 Å². The van der Waals surface area contributed by atoms with Gasteiger partial charge in [0, 0.05) is 31.0 Å². The van der Waals surface area contributed by atoms with Gasteiger partial charge in [-0.1, -0.05) is 0 Å². The fourth-order valence-corrected chi connectivity index (χ4v) is 1.98. The molecule has 2 N–H and O–H groups in total. The van der Waals surface area contributed by atoms with E-state index in [0.717, 1.165) is 0 Å². The lowest BCUT2D eigenvalue weighted by atomic mass is 10.1. The van der Waals surface area contributed by atoms with Crippen LogP contribution in [0.2, 0.25) is 0 Å². The summed E-state index contributed by atoms with van der Waals surface area (Å²) in [6.07, 6.45) is 1.57. The van der Waals surface area contributed by atoms with Gasteiger partial charge in [0.15, 0.2) is 0 Å². The highest BCUT2D eigenvalue weighted by atomic mass is 16.6. The van der Waals surface area contributed by atoms with Gasteiger partial charge in [0.2, 0.25) is 0 Å². The highest BCUT2D eigenvalue weighted by Gasteiger charge is 2.18. The highest BCUT2D eigenvalue weighted by molar-refractivity contribution is 5.47. The molecule has 0 saturated heterocycles. The van der Waals surface area contributed by atoms with Crippen molar-refractivity contribution in [3.05, 3.63) is 33.1 Å². The summed E-state index contributed by atoms with van der Waals surface area (Å²) in [4.78, 5) is 14.8. The molecular weight excluding hydrogens is 262 g/mol. The number of aliphatic hydroxyl groups is 1. The zero-order valence-corrected chi connectivity index (χ0v) is 12.0. The first kappa shape index (κ1) is 16.5. The molecule has 1 heterocycles. The minimum atomic E-state index is -0.506. The van der Waals surface area contributed by atoms with Crippen LogP contribution in [0, 0.1) is 24.0 Å². The number of nitrogens with one attached hydrogen (secondary N) is 1. The maximum atomic E-state index is 11.0. The molecule has 1 unspecified atom stereocenters. The van der Waals surface area contributed by atoms with Crippen molar-refractivity contribution in [1.82, 2.24) is 10.3 Å². The second-order valence-electron chi connectivity index (χ2n) is 4.69. The maximum Gasteiger partial charge on any atom is 0.278 e. The molecule has 20 heavy (non-hydrogen) atoms. The molecule has 0 saturated carbocycles. The van der Waals surface area contributed by atoms with E-state index < -0.39 is 6.10 Å². The standard InChI is InChI=1S/C13H21N3O4/c1-9-6-15-12(10(2)13(9)16(18)19)7-14-5-4-11(17)8-20-3/h6,11,14,17H,4-5,7-8H2,1-3H3. The van der Waals surface area contributed by atoms with Crippen molar-refractivity contribution in [3.63, 3.8) is 0 Å². The average molecular weight is 283 g/mol. The topological polar surface area (TPSA) is 97.5 Å². The highest BCUT2D eigenvalue weighted by Crippen LogP contribution is 2.23. The zero-order valence-electron chi connectivity index (χ0n) is 12.0. The molecule has 0 radical (unpaired) electrons. The van der Waals surface area contributed by atoms with E-state index in [4.69, 9.17) is 4.74 Å². The van der Waals surface area contributed by atoms with Crippen molar-refractivity contribution in [2.24, 2.45) is 0 Å². The number of aryl methyl sites for hydroxylation is 1. The third-order valence-corrected chi connectivity index (χ3v) is 3.06. The molecule has 7 heteroatoms. The molecule has 0 aromatic carbocycles. The largest absolute Gasteiger partial charge is 0.391 e. The van der Waals surface area contributed by atoms with Crippen molar-refractivity contribution in [1.29, 1.82) is 0 Å². The molecule has 0 bridgehead atoms. The first-order chi connectivity index (χ1) is 9.47. The molecule has 1 aromatic rings. The molecule has 1 rings (SSSR count). The van der Waals surface area contributed by atoms with E-state index in [1.54, 1.807) is 13.8 Å². The summed E-state index contributed by atoms with van der Waals surface area (Å²) >= 11 is 0. The van der Waals surface area contributed by atoms with Crippen LogP contribution in [0.5, 0.6) is 0 Å². The van der Waals surface area contributed by atoms with Crippen LogP contribution >= 0.6 is 0 Å². The van der Waals surface area contributed by atoms with Gasteiger partial charge >= 0.3 is 0 Å². The number of nitro groups is 1. The molecule has 7 nitrogen and oxygen atoms in total. The summed E-state index contributed by atoms with van der Waals surface area (Å²) in [5, 5.41) is 23.6. The van der Waals surface area contributed by atoms with E-state index in [0.29, 0.717) is 42.9 Å². The minimum Gasteiger partial charge on any atom is -0.391 e. The third-order valence-electron chi connectivity index (χ3n) is 3.06. The lowest BCUT2D eigenvalue weighted by Gasteiger charge is -2.11. The summed E-state index contributed by atoms with van der Waals surface area (Å²) < 4.78 is 4.83. The number of rotatable bonds is 8. The SMILES string of the molecule is COCC(O)CCNCc1ncc(C)c([N+](=O)[O-])c1C. The van der Waals surface area contributed by atoms with E-state index >= 15 is 0 Å². The van der Waals surface area contributed by atoms with E-state index in [1.807, 2.05) is 0 Å². The number of hydrogen-bond acceptors (Lipinski definition) is 6. The minimum absolute atomic E-state index is 0.121. The van der Waals surface area contributed by atoms with Crippen LogP contribution in [0.4, 0.5) is 5.69 Å². The smallest absolute Gasteiger partial charge is 0.278 e. The molecule has 0 aliphatic carbocycles. The van der Waals surface area contributed by atoms with Crippen molar-refractivity contribution in [3.8, 4) is 0 Å². The number of ether oxygens (including phenoxy) is 1. The molecule has 112 valence electrons. The van der Waals surface area contributed by atoms with Crippen molar-refractivity contribution in [2.45, 2.75) is 32.9 Å². The van der Waals surface area contributed by atoms with Gasteiger partial charge < -0.3 is 15.2 Å². The molecule has 1 aromatic heterocycles. The van der Waals surface area contributed by atoms with Gasteiger partial charge in [0.25, 0.3) is 5.69 Å². The van der Waals surface area contributed by atoms with Gasteiger partial charge in [-0.3, -0.25) is 15.1 Å². The molecule has 1 atom stereocenters.